The minimum absolute atomic E-state index is 0.181. The quantitative estimate of drug-likeness (QED) is 0.0236. The zero-order chi connectivity index (χ0) is 40.5. The average molecular weight is 803 g/mol. The Morgan fingerprint density at radius 2 is 0.909 bits per heavy atom. The molecule has 0 aliphatic rings. The molecule has 0 aromatic carbocycles. The van der Waals surface area contributed by atoms with Gasteiger partial charge in [0.05, 0.1) is 19.8 Å². The van der Waals surface area contributed by atoms with Crippen LogP contribution in [0, 0.1) is 0 Å². The Morgan fingerprint density at radius 1 is 0.527 bits per heavy atom. The summed E-state index contributed by atoms with van der Waals surface area (Å²) in [5.41, 5.74) is 0. The maximum atomic E-state index is 12.6. The molecular formula is C44H83O10P. The van der Waals surface area contributed by atoms with E-state index < -0.39 is 51.8 Å². The van der Waals surface area contributed by atoms with Crippen molar-refractivity contribution in [2.45, 2.75) is 219 Å². The van der Waals surface area contributed by atoms with Gasteiger partial charge in [-0.15, -0.1) is 0 Å². The van der Waals surface area contributed by atoms with Crippen molar-refractivity contribution in [2.24, 2.45) is 0 Å². The van der Waals surface area contributed by atoms with E-state index >= 15 is 0 Å². The summed E-state index contributed by atoms with van der Waals surface area (Å²) in [6.07, 6.45) is 39.9. The Balaban J connectivity index is 4.27. The highest BCUT2D eigenvalue weighted by Crippen LogP contribution is 2.43. The number of hydrogen-bond acceptors (Lipinski definition) is 9. The van der Waals surface area contributed by atoms with Crippen molar-refractivity contribution in [3.63, 3.8) is 0 Å². The topological polar surface area (TPSA) is 149 Å². The van der Waals surface area contributed by atoms with Gasteiger partial charge in [0.15, 0.2) is 6.10 Å². The predicted molar refractivity (Wildman–Crippen MR) is 224 cm³/mol. The molecule has 0 aromatic heterocycles. The van der Waals surface area contributed by atoms with Gasteiger partial charge in [0.1, 0.15) is 12.7 Å². The van der Waals surface area contributed by atoms with E-state index in [2.05, 4.69) is 38.2 Å². The van der Waals surface area contributed by atoms with Gasteiger partial charge in [0.25, 0.3) is 0 Å². The molecule has 0 bridgehead atoms. The molecule has 0 spiro atoms. The number of carbonyl (C=O) groups is 2. The van der Waals surface area contributed by atoms with E-state index in [4.69, 9.17) is 23.6 Å². The van der Waals surface area contributed by atoms with Crippen molar-refractivity contribution in [3.8, 4) is 0 Å². The standard InChI is InChI=1S/C44H83O10P/c1-3-5-7-9-11-13-15-17-19-20-22-24-26-28-30-32-34-36-44(48)54-42(40-53-55(49,50)52-38-41(46)37-45)39-51-43(47)35-33-31-29-27-25-23-21-18-16-14-12-10-8-6-4-2/h10,12,17,19,41-42,45-46H,3-9,11,13-16,18,20-40H2,1-2H3,(H,49,50)/b12-10+,19-17+/t41-,42+/m0/s1. The van der Waals surface area contributed by atoms with Crippen LogP contribution in [0.15, 0.2) is 24.3 Å². The molecule has 11 heteroatoms. The molecule has 3 atom stereocenters. The molecule has 55 heavy (non-hydrogen) atoms. The summed E-state index contributed by atoms with van der Waals surface area (Å²) in [5, 5.41) is 18.3. The number of phosphoric ester groups is 1. The molecule has 0 heterocycles. The number of allylic oxidation sites excluding steroid dienone is 4. The van der Waals surface area contributed by atoms with Gasteiger partial charge in [-0.1, -0.05) is 160 Å². The van der Waals surface area contributed by atoms with E-state index in [0.29, 0.717) is 12.8 Å². The third kappa shape index (κ3) is 40.4. The summed E-state index contributed by atoms with van der Waals surface area (Å²) in [6, 6.07) is 0. The van der Waals surface area contributed by atoms with E-state index in [0.717, 1.165) is 44.9 Å². The molecule has 1 unspecified atom stereocenters. The van der Waals surface area contributed by atoms with Gasteiger partial charge in [0, 0.05) is 12.8 Å². The van der Waals surface area contributed by atoms with Gasteiger partial charge >= 0.3 is 19.8 Å². The smallest absolute Gasteiger partial charge is 0.462 e. The van der Waals surface area contributed by atoms with Gasteiger partial charge in [-0.3, -0.25) is 18.6 Å². The Labute approximate surface area is 336 Å². The largest absolute Gasteiger partial charge is 0.472 e. The van der Waals surface area contributed by atoms with Gasteiger partial charge in [-0.25, -0.2) is 4.57 Å². The minimum atomic E-state index is -4.62. The fourth-order valence-corrected chi connectivity index (χ4v) is 6.88. The lowest BCUT2D eigenvalue weighted by molar-refractivity contribution is -0.161. The average Bonchev–Trinajstić information content (AvgIpc) is 3.17. The lowest BCUT2D eigenvalue weighted by atomic mass is 10.1. The molecule has 0 saturated carbocycles. The molecule has 10 nitrogen and oxygen atoms in total. The zero-order valence-corrected chi connectivity index (χ0v) is 36.0. The monoisotopic (exact) mass is 803 g/mol. The first-order valence-electron chi connectivity index (χ1n) is 22.3. The van der Waals surface area contributed by atoms with Crippen molar-refractivity contribution in [1.82, 2.24) is 0 Å². The molecule has 0 rings (SSSR count). The van der Waals surface area contributed by atoms with Crippen molar-refractivity contribution < 1.29 is 47.8 Å². The highest BCUT2D eigenvalue weighted by Gasteiger charge is 2.27. The van der Waals surface area contributed by atoms with Crippen LogP contribution in [-0.2, 0) is 32.7 Å². The van der Waals surface area contributed by atoms with Crippen molar-refractivity contribution >= 4 is 19.8 Å². The molecule has 0 aromatic rings. The fourth-order valence-electron chi connectivity index (χ4n) is 6.09. The molecule has 0 aliphatic heterocycles. The lowest BCUT2D eigenvalue weighted by Crippen LogP contribution is -2.29. The fraction of sp³-hybridized carbons (Fsp3) is 0.864. The van der Waals surface area contributed by atoms with Gasteiger partial charge < -0.3 is 24.6 Å². The summed E-state index contributed by atoms with van der Waals surface area (Å²) < 4.78 is 32.7. The molecule has 0 amide bonds. The van der Waals surface area contributed by atoms with Gasteiger partial charge in [0.2, 0.25) is 0 Å². The van der Waals surface area contributed by atoms with Crippen molar-refractivity contribution in [2.75, 3.05) is 26.4 Å². The zero-order valence-electron chi connectivity index (χ0n) is 35.2. The molecular weight excluding hydrogens is 719 g/mol. The second-order valence-electron chi connectivity index (χ2n) is 15.1. The predicted octanol–water partition coefficient (Wildman–Crippen LogP) is 11.8. The summed E-state index contributed by atoms with van der Waals surface area (Å²) in [6.45, 7) is 2.36. The van der Waals surface area contributed by atoms with Crippen molar-refractivity contribution in [3.05, 3.63) is 24.3 Å². The van der Waals surface area contributed by atoms with Crippen LogP contribution in [0.4, 0.5) is 0 Å². The van der Waals surface area contributed by atoms with E-state index in [9.17, 15) is 24.2 Å². The normalized spacial score (nSPS) is 14.1. The van der Waals surface area contributed by atoms with Crippen LogP contribution < -0.4 is 0 Å². The molecule has 3 N–H and O–H groups in total. The number of carbonyl (C=O) groups excluding carboxylic acids is 2. The number of aliphatic hydroxyl groups is 2. The summed E-state index contributed by atoms with van der Waals surface area (Å²) in [7, 11) is -4.62. The first-order valence-corrected chi connectivity index (χ1v) is 23.8. The van der Waals surface area contributed by atoms with Crippen LogP contribution in [0.5, 0.6) is 0 Å². The Bertz CT molecular complexity index is 972. The first-order chi connectivity index (χ1) is 26.7. The van der Waals surface area contributed by atoms with E-state index in [1.807, 2.05) is 0 Å². The second kappa shape index (κ2) is 40.6. The number of ether oxygens (including phenoxy) is 2. The van der Waals surface area contributed by atoms with Crippen LogP contribution in [0.1, 0.15) is 206 Å². The van der Waals surface area contributed by atoms with Crippen molar-refractivity contribution in [1.29, 1.82) is 0 Å². The second-order valence-corrected chi connectivity index (χ2v) is 16.5. The number of rotatable bonds is 42. The minimum Gasteiger partial charge on any atom is -0.462 e. The van der Waals surface area contributed by atoms with Crippen LogP contribution >= 0.6 is 7.82 Å². The molecule has 0 saturated heterocycles. The van der Waals surface area contributed by atoms with Crippen LogP contribution in [0.25, 0.3) is 0 Å². The number of phosphoric acid groups is 1. The summed E-state index contributed by atoms with van der Waals surface area (Å²) in [4.78, 5) is 35.0. The van der Waals surface area contributed by atoms with Gasteiger partial charge in [-0.2, -0.15) is 0 Å². The van der Waals surface area contributed by atoms with Crippen LogP contribution in [0.3, 0.4) is 0 Å². The Morgan fingerprint density at radius 3 is 1.36 bits per heavy atom. The molecule has 0 fully saturated rings. The molecule has 0 aliphatic carbocycles. The number of hydrogen-bond donors (Lipinski definition) is 3. The molecule has 324 valence electrons. The lowest BCUT2D eigenvalue weighted by Gasteiger charge is -2.20. The maximum Gasteiger partial charge on any atom is 0.472 e. The highest BCUT2D eigenvalue weighted by molar-refractivity contribution is 7.47. The summed E-state index contributed by atoms with van der Waals surface area (Å²) >= 11 is 0. The van der Waals surface area contributed by atoms with Gasteiger partial charge in [-0.05, 0) is 57.8 Å². The van der Waals surface area contributed by atoms with E-state index in [1.165, 1.54) is 122 Å². The number of unbranched alkanes of at least 4 members (excludes halogenated alkanes) is 24. The SMILES string of the molecule is CCCC/C=C/CCCCCCCCCCCC(=O)OC[C@H](COP(=O)(O)OC[C@@H](O)CO)OC(=O)CCCCCCCCC/C=C/CCCCCCCC. The highest BCUT2D eigenvalue weighted by atomic mass is 31.2. The Kier molecular flexibility index (Phi) is 39.5. The Hall–Kier alpha value is -1.55. The number of aliphatic hydroxyl groups excluding tert-OH is 2. The number of esters is 2. The maximum absolute atomic E-state index is 12.6. The van der Waals surface area contributed by atoms with Crippen LogP contribution in [-0.4, -0.2) is 65.7 Å². The third-order valence-corrected chi connectivity index (χ3v) is 10.5. The van der Waals surface area contributed by atoms with Crippen LogP contribution in [0.2, 0.25) is 0 Å². The first kappa shape index (κ1) is 53.5. The molecule has 0 radical (unpaired) electrons. The van der Waals surface area contributed by atoms with E-state index in [1.54, 1.807) is 0 Å². The third-order valence-electron chi connectivity index (χ3n) is 9.58. The van der Waals surface area contributed by atoms with E-state index in [-0.39, 0.29) is 19.4 Å². The summed E-state index contributed by atoms with van der Waals surface area (Å²) in [5.74, 6) is -0.926.